The van der Waals surface area contributed by atoms with Crippen LogP contribution in [0.1, 0.15) is 66.8 Å². The molecule has 0 spiro atoms. The molecule has 0 saturated carbocycles. The lowest BCUT2D eigenvalue weighted by Crippen LogP contribution is -2.30. The number of hydrogen-bond donors (Lipinski definition) is 0. The fourth-order valence-electron chi connectivity index (χ4n) is 9.32. The SMILES string of the molecule is Cc1ccc(C2(c3ccc(C)cc3)c3cc4c(cc3-c3sc5ccsc5c32)C(c2ccc(C)cc2)(c2ccc(C)cc2)c2c-4sc3ccsc23)cc1. The van der Waals surface area contributed by atoms with Gasteiger partial charge >= 0.3 is 0 Å². The molecular formula is C48H34S4. The maximum absolute atomic E-state index is 2.64. The zero-order valence-electron chi connectivity index (χ0n) is 29.3. The summed E-state index contributed by atoms with van der Waals surface area (Å²) in [5, 5.41) is 4.56. The molecule has 0 fully saturated rings. The minimum atomic E-state index is -0.446. The fourth-order valence-corrected chi connectivity index (χ4v) is 14.3. The van der Waals surface area contributed by atoms with Gasteiger partial charge < -0.3 is 0 Å². The first-order valence-corrected chi connectivity index (χ1v) is 21.3. The second kappa shape index (κ2) is 11.0. The van der Waals surface area contributed by atoms with Crippen LogP contribution in [0.4, 0.5) is 0 Å². The molecule has 0 nitrogen and oxygen atoms in total. The molecule has 52 heavy (non-hydrogen) atoms. The Morgan fingerprint density at radius 2 is 0.692 bits per heavy atom. The molecular weight excluding hydrogens is 705 g/mol. The molecule has 2 aliphatic rings. The van der Waals surface area contributed by atoms with Crippen LogP contribution in [0.3, 0.4) is 0 Å². The largest absolute Gasteiger partial charge is 0.143 e. The molecule has 250 valence electrons. The standard InChI is InChI=1S/C48H34S4/c1-27-5-13-31(14-6-27)47(32-15-7-28(2)8-16-32)37-25-36-38(26-35(37)43-41(47)45-39(51-43)21-23-49-45)48(33-17-9-29(3)10-18-33,34-19-11-30(4)12-20-34)42-44(36)52-40-22-24-50-46(40)42/h5-26H,1-4H3. The second-order valence-corrected chi connectivity index (χ2v) is 18.7. The van der Waals surface area contributed by atoms with Gasteiger partial charge in [-0.05, 0) is 107 Å². The van der Waals surface area contributed by atoms with E-state index in [9.17, 15) is 0 Å². The van der Waals surface area contributed by atoms with Crippen LogP contribution in [-0.4, -0.2) is 0 Å². The summed E-state index contributed by atoms with van der Waals surface area (Å²) in [7, 11) is 0. The van der Waals surface area contributed by atoms with E-state index in [0.717, 1.165) is 0 Å². The average molecular weight is 739 g/mol. The van der Waals surface area contributed by atoms with Crippen molar-refractivity contribution in [1.29, 1.82) is 0 Å². The maximum Gasteiger partial charge on any atom is 0.0736 e. The first kappa shape index (κ1) is 31.0. The molecule has 4 heteroatoms. The topological polar surface area (TPSA) is 0 Å². The molecule has 4 aromatic heterocycles. The molecule has 0 saturated heterocycles. The van der Waals surface area contributed by atoms with Gasteiger partial charge in [-0.25, -0.2) is 0 Å². The Balaban J connectivity index is 1.33. The van der Waals surface area contributed by atoms with Crippen molar-refractivity contribution < 1.29 is 0 Å². The summed E-state index contributed by atoms with van der Waals surface area (Å²) in [5.41, 5.74) is 18.1. The zero-order chi connectivity index (χ0) is 34.9. The van der Waals surface area contributed by atoms with E-state index in [2.05, 4.69) is 160 Å². The highest BCUT2D eigenvalue weighted by molar-refractivity contribution is 7.30. The summed E-state index contributed by atoms with van der Waals surface area (Å²) in [4.78, 5) is 2.83. The lowest BCUT2D eigenvalue weighted by atomic mass is 9.65. The highest BCUT2D eigenvalue weighted by Gasteiger charge is 2.54. The zero-order valence-corrected chi connectivity index (χ0v) is 32.6. The van der Waals surface area contributed by atoms with E-state index < -0.39 is 10.8 Å². The summed E-state index contributed by atoms with van der Waals surface area (Å²) < 4.78 is 5.59. The van der Waals surface area contributed by atoms with E-state index >= 15 is 0 Å². The molecule has 11 rings (SSSR count). The number of benzene rings is 5. The van der Waals surface area contributed by atoms with Gasteiger partial charge in [0, 0.05) is 30.3 Å². The van der Waals surface area contributed by atoms with Crippen molar-refractivity contribution in [3.05, 3.63) is 199 Å². The van der Waals surface area contributed by atoms with Crippen LogP contribution in [0.2, 0.25) is 0 Å². The molecule has 0 radical (unpaired) electrons. The predicted molar refractivity (Wildman–Crippen MR) is 227 cm³/mol. The van der Waals surface area contributed by atoms with Gasteiger partial charge in [0.05, 0.1) is 20.2 Å². The minimum absolute atomic E-state index is 0.446. The number of fused-ring (bicyclic) bond motifs is 10. The van der Waals surface area contributed by atoms with Crippen LogP contribution in [0.15, 0.2) is 132 Å². The summed E-state index contributed by atoms with van der Waals surface area (Å²) >= 11 is 7.76. The Morgan fingerprint density at radius 1 is 0.385 bits per heavy atom. The number of aryl methyl sites for hydroxylation is 4. The van der Waals surface area contributed by atoms with Gasteiger partial charge in [-0.1, -0.05) is 119 Å². The van der Waals surface area contributed by atoms with Crippen LogP contribution in [-0.2, 0) is 10.8 Å². The second-order valence-electron chi connectivity index (χ2n) is 14.7. The van der Waals surface area contributed by atoms with E-state index in [4.69, 9.17) is 0 Å². The third-order valence-electron chi connectivity index (χ3n) is 11.7. The quantitative estimate of drug-likeness (QED) is 0.169. The van der Waals surface area contributed by atoms with Crippen molar-refractivity contribution >= 4 is 64.1 Å². The predicted octanol–water partition coefficient (Wildman–Crippen LogP) is 14.2. The summed E-state index contributed by atoms with van der Waals surface area (Å²) in [6, 6.07) is 47.6. The van der Waals surface area contributed by atoms with Gasteiger partial charge in [-0.3, -0.25) is 0 Å². The normalized spacial score (nSPS) is 14.8. The Hall–Kier alpha value is -4.58. The molecule has 5 aromatic carbocycles. The van der Waals surface area contributed by atoms with Crippen molar-refractivity contribution in [2.45, 2.75) is 38.5 Å². The molecule has 0 N–H and O–H groups in total. The summed E-state index contributed by atoms with van der Waals surface area (Å²) in [5.74, 6) is 0. The third-order valence-corrected chi connectivity index (χ3v) is 16.2. The van der Waals surface area contributed by atoms with E-state index in [1.807, 2.05) is 45.3 Å². The van der Waals surface area contributed by atoms with Crippen molar-refractivity contribution in [2.24, 2.45) is 0 Å². The Kier molecular flexibility index (Phi) is 6.54. The van der Waals surface area contributed by atoms with Crippen molar-refractivity contribution in [3.8, 4) is 20.9 Å². The van der Waals surface area contributed by atoms with E-state index in [0.29, 0.717) is 0 Å². The molecule has 0 unspecified atom stereocenters. The minimum Gasteiger partial charge on any atom is -0.143 e. The van der Waals surface area contributed by atoms with E-state index in [-0.39, 0.29) is 0 Å². The molecule has 4 heterocycles. The lowest BCUT2D eigenvalue weighted by Gasteiger charge is -2.35. The maximum atomic E-state index is 2.64. The van der Waals surface area contributed by atoms with Gasteiger partial charge in [0.15, 0.2) is 0 Å². The highest BCUT2D eigenvalue weighted by atomic mass is 32.1. The van der Waals surface area contributed by atoms with Gasteiger partial charge in [0.1, 0.15) is 0 Å². The lowest BCUT2D eigenvalue weighted by molar-refractivity contribution is 0.766. The fraction of sp³-hybridized carbons (Fsp3) is 0.125. The first-order valence-electron chi connectivity index (χ1n) is 17.9. The first-order chi connectivity index (χ1) is 25.4. The van der Waals surface area contributed by atoms with Crippen LogP contribution < -0.4 is 0 Å². The van der Waals surface area contributed by atoms with Gasteiger partial charge in [0.2, 0.25) is 0 Å². The third kappa shape index (κ3) is 3.91. The van der Waals surface area contributed by atoms with Crippen LogP contribution in [0.5, 0.6) is 0 Å². The van der Waals surface area contributed by atoms with Gasteiger partial charge in [-0.2, -0.15) is 0 Å². The van der Waals surface area contributed by atoms with Crippen molar-refractivity contribution in [2.75, 3.05) is 0 Å². The molecule has 0 aliphatic heterocycles. The van der Waals surface area contributed by atoms with Crippen LogP contribution in [0, 0.1) is 27.7 Å². The summed E-state index contributed by atoms with van der Waals surface area (Å²) in [6.07, 6.45) is 0. The molecule has 9 aromatic rings. The number of rotatable bonds is 4. The average Bonchev–Trinajstić information content (AvgIpc) is 3.99. The van der Waals surface area contributed by atoms with Gasteiger partial charge in [0.25, 0.3) is 0 Å². The number of thiophene rings is 4. The van der Waals surface area contributed by atoms with Gasteiger partial charge in [-0.15, -0.1) is 45.3 Å². The smallest absolute Gasteiger partial charge is 0.0736 e. The summed E-state index contributed by atoms with van der Waals surface area (Å²) in [6.45, 7) is 8.80. The Labute approximate surface area is 320 Å². The van der Waals surface area contributed by atoms with Crippen molar-refractivity contribution in [1.82, 2.24) is 0 Å². The Morgan fingerprint density at radius 3 is 1.00 bits per heavy atom. The van der Waals surface area contributed by atoms with Crippen LogP contribution in [0.25, 0.3) is 39.7 Å². The number of hydrogen-bond acceptors (Lipinski definition) is 4. The highest BCUT2D eigenvalue weighted by Crippen LogP contribution is 2.67. The molecule has 0 amide bonds. The van der Waals surface area contributed by atoms with Crippen molar-refractivity contribution in [3.63, 3.8) is 0 Å². The molecule has 0 bridgehead atoms. The van der Waals surface area contributed by atoms with Crippen LogP contribution >= 0.6 is 45.3 Å². The molecule has 0 atom stereocenters. The Bertz CT molecular complexity index is 2560. The van der Waals surface area contributed by atoms with E-state index in [1.165, 1.54) is 106 Å². The molecule has 2 aliphatic carbocycles. The van der Waals surface area contributed by atoms with E-state index in [1.54, 1.807) is 0 Å². The monoisotopic (exact) mass is 738 g/mol.